The maximum absolute atomic E-state index is 13.4. The number of para-hydroxylation sites is 1. The van der Waals surface area contributed by atoms with E-state index in [-0.39, 0.29) is 17.4 Å². The zero-order valence-corrected chi connectivity index (χ0v) is 23.0. The molecular weight excluding hydrogens is 537 g/mol. The lowest BCUT2D eigenvalue weighted by Crippen LogP contribution is -2.36. The number of hydrogen-bond donors (Lipinski definition) is 2. The molecule has 0 radical (unpaired) electrons. The maximum atomic E-state index is 13.4. The van der Waals surface area contributed by atoms with Gasteiger partial charge in [0, 0.05) is 28.4 Å². The summed E-state index contributed by atoms with van der Waals surface area (Å²) in [6.07, 6.45) is 3.39. The fourth-order valence-corrected chi connectivity index (χ4v) is 5.38. The van der Waals surface area contributed by atoms with Crippen LogP contribution in [0.2, 0.25) is 0 Å². The van der Waals surface area contributed by atoms with Crippen molar-refractivity contribution < 1.29 is 18.8 Å². The molecule has 8 heteroatoms. The van der Waals surface area contributed by atoms with Gasteiger partial charge in [0.1, 0.15) is 11.5 Å². The number of anilines is 2. The second-order valence-electron chi connectivity index (χ2n) is 9.48. The van der Waals surface area contributed by atoms with Crippen molar-refractivity contribution >= 4 is 46.9 Å². The summed E-state index contributed by atoms with van der Waals surface area (Å²) in [5.74, 6) is -1.10. The Kier molecular flexibility index (Phi) is 8.91. The molecule has 1 heterocycles. The molecule has 0 atom stereocenters. The highest BCUT2D eigenvalue weighted by Gasteiger charge is 2.22. The van der Waals surface area contributed by atoms with Crippen LogP contribution in [0.5, 0.6) is 0 Å². The smallest absolute Gasteiger partial charge is 0.272 e. The van der Waals surface area contributed by atoms with Crippen molar-refractivity contribution in [3.8, 4) is 0 Å². The molecule has 206 valence electrons. The van der Waals surface area contributed by atoms with E-state index < -0.39 is 17.6 Å². The molecule has 0 saturated carbocycles. The van der Waals surface area contributed by atoms with Crippen molar-refractivity contribution in [3.63, 3.8) is 0 Å². The Morgan fingerprint density at radius 2 is 1.63 bits per heavy atom. The zero-order chi connectivity index (χ0) is 28.6. The molecule has 0 aromatic heterocycles. The minimum Gasteiger partial charge on any atom is -0.321 e. The van der Waals surface area contributed by atoms with Crippen molar-refractivity contribution in [2.24, 2.45) is 0 Å². The third-order valence-electron chi connectivity index (χ3n) is 6.58. The SMILES string of the molecule is O=C(Nc1cccc(SCC(=O)N2CCCc3ccccc32)c1)/C(=C/c1ccc(F)cc1)NC(=O)c1ccccc1. The van der Waals surface area contributed by atoms with Crippen LogP contribution in [0, 0.1) is 5.82 Å². The molecule has 2 N–H and O–H groups in total. The van der Waals surface area contributed by atoms with Crippen LogP contribution in [-0.2, 0) is 16.0 Å². The number of hydrogen-bond acceptors (Lipinski definition) is 4. The number of aryl methyl sites for hydroxylation is 1. The molecule has 1 aliphatic rings. The standard InChI is InChI=1S/C33H28FN3O3S/c34-26-17-15-23(16-18-26)20-29(36-32(39)25-9-2-1-3-10-25)33(40)35-27-12-6-13-28(21-27)41-22-31(38)37-19-7-11-24-8-4-5-14-30(24)37/h1-6,8-10,12-18,20-21H,7,11,19,22H2,(H,35,40)(H,36,39)/b29-20-. The number of carbonyl (C=O) groups is 3. The Balaban J connectivity index is 1.28. The first-order valence-corrected chi connectivity index (χ1v) is 14.2. The highest BCUT2D eigenvalue weighted by molar-refractivity contribution is 8.00. The van der Waals surface area contributed by atoms with E-state index in [4.69, 9.17) is 0 Å². The van der Waals surface area contributed by atoms with E-state index in [1.807, 2.05) is 29.2 Å². The highest BCUT2D eigenvalue weighted by atomic mass is 32.2. The molecule has 4 aromatic rings. The molecule has 0 bridgehead atoms. The number of benzene rings is 4. The van der Waals surface area contributed by atoms with E-state index in [0.29, 0.717) is 23.4 Å². The number of halogens is 1. The molecule has 5 rings (SSSR count). The van der Waals surface area contributed by atoms with Crippen LogP contribution < -0.4 is 15.5 Å². The average molecular weight is 566 g/mol. The minimum atomic E-state index is -0.540. The third kappa shape index (κ3) is 7.29. The van der Waals surface area contributed by atoms with Crippen molar-refractivity contribution in [1.29, 1.82) is 0 Å². The van der Waals surface area contributed by atoms with Crippen molar-refractivity contribution in [1.82, 2.24) is 5.32 Å². The fraction of sp³-hybridized carbons (Fsp3) is 0.121. The van der Waals surface area contributed by atoms with E-state index in [1.54, 1.807) is 48.5 Å². The first-order chi connectivity index (χ1) is 20.0. The van der Waals surface area contributed by atoms with Gasteiger partial charge < -0.3 is 15.5 Å². The van der Waals surface area contributed by atoms with E-state index in [9.17, 15) is 18.8 Å². The van der Waals surface area contributed by atoms with Gasteiger partial charge in [-0.15, -0.1) is 11.8 Å². The normalized spacial score (nSPS) is 12.8. The summed E-state index contributed by atoms with van der Waals surface area (Å²) in [7, 11) is 0. The second-order valence-corrected chi connectivity index (χ2v) is 10.5. The number of nitrogens with one attached hydrogen (secondary N) is 2. The Morgan fingerprint density at radius 1 is 0.878 bits per heavy atom. The van der Waals surface area contributed by atoms with E-state index in [1.165, 1.54) is 47.7 Å². The van der Waals surface area contributed by atoms with Gasteiger partial charge in [0.15, 0.2) is 0 Å². The van der Waals surface area contributed by atoms with Gasteiger partial charge in [-0.2, -0.15) is 0 Å². The van der Waals surface area contributed by atoms with Crippen molar-refractivity contribution in [2.75, 3.05) is 22.5 Å². The van der Waals surface area contributed by atoms with E-state index >= 15 is 0 Å². The maximum Gasteiger partial charge on any atom is 0.272 e. The molecular formula is C33H28FN3O3S. The van der Waals surface area contributed by atoms with Crippen LogP contribution in [0.1, 0.15) is 27.9 Å². The molecule has 41 heavy (non-hydrogen) atoms. The van der Waals surface area contributed by atoms with Gasteiger partial charge in [0.05, 0.1) is 5.75 Å². The Hall–Kier alpha value is -4.69. The van der Waals surface area contributed by atoms with Gasteiger partial charge >= 0.3 is 0 Å². The summed E-state index contributed by atoms with van der Waals surface area (Å²) in [5, 5.41) is 5.51. The van der Waals surface area contributed by atoms with Crippen LogP contribution >= 0.6 is 11.8 Å². The number of amides is 3. The molecule has 3 amide bonds. The van der Waals surface area contributed by atoms with Crippen LogP contribution in [0.3, 0.4) is 0 Å². The average Bonchev–Trinajstić information content (AvgIpc) is 3.01. The molecule has 0 saturated heterocycles. The zero-order valence-electron chi connectivity index (χ0n) is 22.2. The minimum absolute atomic E-state index is 0.00228. The lowest BCUT2D eigenvalue weighted by Gasteiger charge is -2.29. The number of rotatable bonds is 8. The molecule has 0 spiro atoms. The summed E-state index contributed by atoms with van der Waals surface area (Å²) >= 11 is 1.40. The van der Waals surface area contributed by atoms with E-state index in [0.717, 1.165) is 23.4 Å². The number of fused-ring (bicyclic) bond motifs is 1. The van der Waals surface area contributed by atoms with Gasteiger partial charge in [-0.05, 0) is 78.6 Å². The fourth-order valence-electron chi connectivity index (χ4n) is 4.55. The largest absolute Gasteiger partial charge is 0.321 e. The van der Waals surface area contributed by atoms with Gasteiger partial charge in [-0.25, -0.2) is 4.39 Å². The first kappa shape index (κ1) is 27.9. The Labute approximate surface area is 242 Å². The predicted octanol–water partition coefficient (Wildman–Crippen LogP) is 6.31. The molecule has 0 unspecified atom stereocenters. The van der Waals surface area contributed by atoms with Crippen LogP contribution in [0.4, 0.5) is 15.8 Å². The topological polar surface area (TPSA) is 78.5 Å². The van der Waals surface area contributed by atoms with Gasteiger partial charge in [-0.3, -0.25) is 14.4 Å². The Morgan fingerprint density at radius 3 is 2.44 bits per heavy atom. The summed E-state index contributed by atoms with van der Waals surface area (Å²) in [6, 6.07) is 29.3. The third-order valence-corrected chi connectivity index (χ3v) is 7.55. The van der Waals surface area contributed by atoms with Crippen LogP contribution in [0.25, 0.3) is 6.08 Å². The van der Waals surface area contributed by atoms with Crippen molar-refractivity contribution in [2.45, 2.75) is 17.7 Å². The van der Waals surface area contributed by atoms with E-state index in [2.05, 4.69) is 16.7 Å². The quantitative estimate of drug-likeness (QED) is 0.194. The van der Waals surface area contributed by atoms with Gasteiger partial charge in [0.2, 0.25) is 5.91 Å². The lowest BCUT2D eigenvalue weighted by molar-refractivity contribution is -0.116. The van der Waals surface area contributed by atoms with Crippen LogP contribution in [-0.4, -0.2) is 30.0 Å². The van der Waals surface area contributed by atoms with Crippen molar-refractivity contribution in [3.05, 3.63) is 131 Å². The summed E-state index contributed by atoms with van der Waals surface area (Å²) < 4.78 is 13.4. The lowest BCUT2D eigenvalue weighted by atomic mass is 10.0. The second kappa shape index (κ2) is 13.1. The predicted molar refractivity (Wildman–Crippen MR) is 161 cm³/mol. The summed E-state index contributed by atoms with van der Waals surface area (Å²) in [4.78, 5) is 41.9. The molecule has 6 nitrogen and oxygen atoms in total. The summed E-state index contributed by atoms with van der Waals surface area (Å²) in [6.45, 7) is 0.699. The number of nitrogens with zero attached hydrogens (tertiary/aromatic N) is 1. The van der Waals surface area contributed by atoms with Gasteiger partial charge in [0.25, 0.3) is 11.8 Å². The summed E-state index contributed by atoms with van der Waals surface area (Å²) in [5.41, 5.74) is 3.61. The van der Waals surface area contributed by atoms with Gasteiger partial charge in [-0.1, -0.05) is 54.6 Å². The number of carbonyl (C=O) groups excluding carboxylic acids is 3. The first-order valence-electron chi connectivity index (χ1n) is 13.2. The molecule has 0 aliphatic carbocycles. The molecule has 1 aliphatic heterocycles. The monoisotopic (exact) mass is 565 g/mol. The highest BCUT2D eigenvalue weighted by Crippen LogP contribution is 2.29. The Bertz CT molecular complexity index is 1590. The molecule has 4 aromatic carbocycles. The molecule has 0 fully saturated rings. The number of thioether (sulfide) groups is 1. The van der Waals surface area contributed by atoms with Crippen LogP contribution in [0.15, 0.2) is 114 Å².